The largest absolute Gasteiger partial charge is 1.00 e. The summed E-state index contributed by atoms with van der Waals surface area (Å²) in [5.41, 5.74) is 13.5. The van der Waals surface area contributed by atoms with Gasteiger partial charge in [0.25, 0.3) is 10.4 Å². The van der Waals surface area contributed by atoms with Crippen molar-refractivity contribution >= 4 is 104 Å². The van der Waals surface area contributed by atoms with Gasteiger partial charge in [-0.05, 0) is 71.7 Å². The maximum absolute atomic E-state index is 14.3. The number of hydrogen-bond acceptors (Lipinski definition) is 17. The molecule has 0 aliphatic carbocycles. The summed E-state index contributed by atoms with van der Waals surface area (Å²) >= 11 is 2.61. The van der Waals surface area contributed by atoms with Crippen LogP contribution < -0.4 is 82.4 Å². The second kappa shape index (κ2) is 33.0. The number of thioether (sulfide) groups is 2. The van der Waals surface area contributed by atoms with Gasteiger partial charge in [-0.25, -0.2) is 8.42 Å². The number of carbonyl (C=O) groups is 10. The van der Waals surface area contributed by atoms with Gasteiger partial charge in [0, 0.05) is 36.4 Å². The van der Waals surface area contributed by atoms with Gasteiger partial charge in [0.2, 0.25) is 47.3 Å². The number of para-hydroxylation sites is 1. The van der Waals surface area contributed by atoms with Crippen LogP contribution in [0.5, 0.6) is 5.75 Å². The normalized spacial score (nSPS) is 13.7. The number of carboxylic acid groups (broad SMARTS) is 2. The number of amides is 8. The molecule has 79 heavy (non-hydrogen) atoms. The number of aliphatic carboxylic acids is 2. The Labute approximate surface area is 484 Å². The van der Waals surface area contributed by atoms with E-state index in [1.54, 1.807) is 73.3 Å². The summed E-state index contributed by atoms with van der Waals surface area (Å²) < 4.78 is 37.5. The first-order valence-electron chi connectivity index (χ1n) is 23.8. The van der Waals surface area contributed by atoms with E-state index in [-0.39, 0.29) is 84.5 Å². The second-order valence-electron chi connectivity index (χ2n) is 17.5. The zero-order valence-corrected chi connectivity index (χ0v) is 47.6. The van der Waals surface area contributed by atoms with Gasteiger partial charge in [-0.2, -0.15) is 23.5 Å². The molecule has 0 saturated carbocycles. The fourth-order valence-corrected chi connectivity index (χ4v) is 8.91. The number of H-pyrrole nitrogens is 1. The van der Waals surface area contributed by atoms with Gasteiger partial charge in [-0.3, -0.25) is 47.9 Å². The second-order valence-corrected chi connectivity index (χ2v) is 20.5. The van der Waals surface area contributed by atoms with Crippen LogP contribution in [0.25, 0.3) is 10.9 Å². The van der Waals surface area contributed by atoms with Crippen molar-refractivity contribution < 1.29 is 105 Å². The molecular formula is C49H61N10NaO16S3. The molecule has 30 heteroatoms. The number of primary amides is 1. The fourth-order valence-electron chi connectivity index (χ4n) is 7.62. The Kier molecular flexibility index (Phi) is 27.8. The summed E-state index contributed by atoms with van der Waals surface area (Å²) in [6.07, 6.45) is 2.74. The number of benzene rings is 3. The van der Waals surface area contributed by atoms with E-state index in [0.717, 1.165) is 12.1 Å². The molecule has 0 radical (unpaired) electrons. The van der Waals surface area contributed by atoms with Crippen LogP contribution in [0.1, 0.15) is 42.4 Å². The number of rotatable bonds is 33. The van der Waals surface area contributed by atoms with Gasteiger partial charge >= 0.3 is 41.5 Å². The first-order chi connectivity index (χ1) is 37.0. The summed E-state index contributed by atoms with van der Waals surface area (Å²) in [6, 6.07) is 9.99. The molecule has 422 valence electrons. The third-order valence-electron chi connectivity index (χ3n) is 11.5. The van der Waals surface area contributed by atoms with Crippen LogP contribution in [0.3, 0.4) is 0 Å². The molecule has 0 spiro atoms. The monoisotopic (exact) mass is 1160 g/mol. The van der Waals surface area contributed by atoms with Crippen molar-refractivity contribution in [3.05, 3.63) is 102 Å². The van der Waals surface area contributed by atoms with Gasteiger partial charge < -0.3 is 72.6 Å². The molecule has 8 amide bonds. The quantitative estimate of drug-likeness (QED) is 0.0121. The van der Waals surface area contributed by atoms with E-state index in [4.69, 9.17) is 11.5 Å². The first kappa shape index (κ1) is 66.5. The van der Waals surface area contributed by atoms with Crippen LogP contribution >= 0.6 is 23.5 Å². The van der Waals surface area contributed by atoms with E-state index in [0.29, 0.717) is 22.0 Å². The van der Waals surface area contributed by atoms with Crippen LogP contribution in [0.4, 0.5) is 0 Å². The maximum atomic E-state index is 14.3. The molecule has 4 aromatic rings. The predicted octanol–water partition coefficient (Wildman–Crippen LogP) is -4.67. The van der Waals surface area contributed by atoms with E-state index in [1.807, 2.05) is 0 Å². The maximum Gasteiger partial charge on any atom is 1.00 e. The van der Waals surface area contributed by atoms with Crippen LogP contribution in [-0.2, 0) is 77.6 Å². The number of carboxylic acids is 2. The summed E-state index contributed by atoms with van der Waals surface area (Å²) in [6.45, 7) is -0.765. The van der Waals surface area contributed by atoms with Crippen molar-refractivity contribution in [2.24, 2.45) is 11.5 Å². The number of carbonyl (C=O) groups excluding carboxylic acids is 8. The Morgan fingerprint density at radius 3 is 1.66 bits per heavy atom. The van der Waals surface area contributed by atoms with Crippen molar-refractivity contribution in [2.75, 3.05) is 30.6 Å². The Morgan fingerprint density at radius 1 is 0.608 bits per heavy atom. The molecule has 0 unspecified atom stereocenters. The fraction of sp³-hybridized carbons (Fsp3) is 0.388. The molecular weight excluding hydrogens is 1100 g/mol. The molecule has 7 atom stereocenters. The molecule has 1 aromatic heterocycles. The zero-order chi connectivity index (χ0) is 57.5. The average molecular weight is 1170 g/mol. The molecule has 1 heterocycles. The SMILES string of the molecule is CSCC[C@H](NC(=O)[C@H](Cc1ccc(OS(=O)(=O)[O-])cc1)NC(=O)[C@@H](N)CC(=O)O)C(=O)NCC(=O)N[C@@H](Cc1c[nH]c2ccccc12)C(=O)N[C@@H](CCSC)C(=O)N[C@@H](CC(=O)O)C(=O)N[C@@H](Cc1ccccc1)C(N)=O.[Na+]. The van der Waals surface area contributed by atoms with Crippen LogP contribution in [0, 0.1) is 0 Å². The summed E-state index contributed by atoms with van der Waals surface area (Å²) in [4.78, 5) is 135. The first-order valence-corrected chi connectivity index (χ1v) is 28.0. The van der Waals surface area contributed by atoms with Crippen molar-refractivity contribution in [1.82, 2.24) is 42.2 Å². The summed E-state index contributed by atoms with van der Waals surface area (Å²) in [5.74, 6) is -10.3. The van der Waals surface area contributed by atoms with Crippen molar-refractivity contribution in [2.45, 2.75) is 87.2 Å². The van der Waals surface area contributed by atoms with E-state index >= 15 is 0 Å². The molecule has 0 saturated heterocycles. The van der Waals surface area contributed by atoms with E-state index in [1.165, 1.54) is 35.7 Å². The smallest absolute Gasteiger partial charge is 0.716 e. The van der Waals surface area contributed by atoms with Crippen LogP contribution in [0.15, 0.2) is 85.1 Å². The van der Waals surface area contributed by atoms with Gasteiger partial charge in [-0.15, -0.1) is 0 Å². The number of aromatic amines is 1. The van der Waals surface area contributed by atoms with E-state index < -0.39 is 131 Å². The summed E-state index contributed by atoms with van der Waals surface area (Å²) in [7, 11) is -5.12. The minimum absolute atomic E-state index is 0. The number of fused-ring (bicyclic) bond motifs is 1. The molecule has 0 aliphatic heterocycles. The predicted molar refractivity (Wildman–Crippen MR) is 285 cm³/mol. The Morgan fingerprint density at radius 2 is 1.09 bits per heavy atom. The third-order valence-corrected chi connectivity index (χ3v) is 13.2. The molecule has 14 N–H and O–H groups in total. The van der Waals surface area contributed by atoms with E-state index in [9.17, 15) is 71.1 Å². The Hall–Kier alpha value is -6.73. The van der Waals surface area contributed by atoms with E-state index in [2.05, 4.69) is 46.4 Å². The zero-order valence-electron chi connectivity index (χ0n) is 43.2. The number of nitrogens with two attached hydrogens (primary N) is 2. The Bertz CT molecular complexity index is 2880. The minimum Gasteiger partial charge on any atom is -0.716 e. The van der Waals surface area contributed by atoms with Crippen molar-refractivity contribution in [3.63, 3.8) is 0 Å². The average Bonchev–Trinajstić information content (AvgIpc) is 3.81. The van der Waals surface area contributed by atoms with Gasteiger partial charge in [-0.1, -0.05) is 60.7 Å². The topological polar surface area (TPSA) is 430 Å². The van der Waals surface area contributed by atoms with Crippen molar-refractivity contribution in [1.29, 1.82) is 0 Å². The standard InChI is InChI=1S/C49H62N10O16S3.Na/c1-76-18-16-34(55-47(69)37(58-44(66)32(50)23-41(61)62)21-28-12-14-30(15-13-28)75-78(72,73)74)45(67)53-26-40(60)54-38(22-29-25-52-33-11-7-6-10-31(29)33)48(70)56-35(17-19-77-2)46(68)59-39(24-42(63)64)49(71)57-36(43(51)65)20-27-8-4-3-5-9-27;/h3-15,25,32,34-39,52H,16-24,26,50H2,1-2H3,(H2,51,65)(H,53,67)(H,54,60)(H,55,69)(H,56,70)(H,57,71)(H,58,66)(H,59,68)(H,61,62)(H,63,64)(H,72,73,74);/q;+1/p-1/t32-,34-,35-,36-,37-,38-,39-;/m0./s1. The number of aromatic nitrogens is 1. The molecule has 0 fully saturated rings. The number of hydrogen-bond donors (Lipinski definition) is 12. The third kappa shape index (κ3) is 23.3. The van der Waals surface area contributed by atoms with Gasteiger partial charge in [0.05, 0.1) is 25.4 Å². The van der Waals surface area contributed by atoms with Crippen LogP contribution in [0.2, 0.25) is 0 Å². The number of nitrogens with one attached hydrogen (secondary N) is 8. The molecule has 26 nitrogen and oxygen atoms in total. The molecule has 0 aliphatic rings. The Balaban J connectivity index is 0.0000164. The minimum atomic E-state index is -5.12. The van der Waals surface area contributed by atoms with Gasteiger partial charge in [0.15, 0.2) is 0 Å². The summed E-state index contributed by atoms with van der Waals surface area (Å²) in [5, 5.41) is 36.9. The molecule has 4 rings (SSSR count). The molecule has 3 aromatic carbocycles. The van der Waals surface area contributed by atoms with Crippen LogP contribution in [-0.4, -0.2) is 160 Å². The van der Waals surface area contributed by atoms with Crippen molar-refractivity contribution in [3.8, 4) is 5.75 Å². The van der Waals surface area contributed by atoms with Gasteiger partial charge in [0.1, 0.15) is 42.0 Å². The molecule has 0 bridgehead atoms.